The van der Waals surface area contributed by atoms with Crippen LogP contribution in [0.3, 0.4) is 0 Å². The van der Waals surface area contributed by atoms with E-state index in [4.69, 9.17) is 0 Å². The highest BCUT2D eigenvalue weighted by atomic mass is 32.2. The lowest BCUT2D eigenvalue weighted by Gasteiger charge is -2.24. The maximum Gasteiger partial charge on any atom is 0.255 e. The van der Waals surface area contributed by atoms with Gasteiger partial charge in [0.05, 0.1) is 0 Å². The lowest BCUT2D eigenvalue weighted by molar-refractivity contribution is 0.0759. The van der Waals surface area contributed by atoms with Gasteiger partial charge in [-0.15, -0.1) is 11.8 Å². The molecule has 0 radical (unpaired) electrons. The van der Waals surface area contributed by atoms with Crippen LogP contribution < -0.4 is 0 Å². The SMILES string of the molecule is O=C(c1ccc2ccccc2c1)N1CCS[C@@H]1c1ccccc1F. The number of fused-ring (bicyclic) bond motifs is 1. The number of benzene rings is 3. The molecule has 0 N–H and O–H groups in total. The number of thioether (sulfide) groups is 1. The molecule has 1 saturated heterocycles. The summed E-state index contributed by atoms with van der Waals surface area (Å²) < 4.78 is 14.1. The molecule has 4 heteroatoms. The van der Waals surface area contributed by atoms with Crippen LogP contribution in [0.2, 0.25) is 0 Å². The second-order valence-electron chi connectivity index (χ2n) is 5.81. The Hall–Kier alpha value is -2.33. The summed E-state index contributed by atoms with van der Waals surface area (Å²) in [5.41, 5.74) is 1.23. The van der Waals surface area contributed by atoms with Crippen LogP contribution in [-0.2, 0) is 0 Å². The van der Waals surface area contributed by atoms with Gasteiger partial charge in [0, 0.05) is 23.4 Å². The predicted octanol–water partition coefficient (Wildman–Crippen LogP) is 4.87. The topological polar surface area (TPSA) is 20.3 Å². The standard InChI is InChI=1S/C20H16FNOS/c21-18-8-4-3-7-17(18)20-22(11-12-24-20)19(23)16-10-9-14-5-1-2-6-15(14)13-16/h1-10,13,20H,11-12H2/t20-/m1/s1. The molecular weight excluding hydrogens is 321 g/mol. The molecule has 0 unspecified atom stereocenters. The average Bonchev–Trinajstić information content (AvgIpc) is 3.10. The third kappa shape index (κ3) is 2.67. The highest BCUT2D eigenvalue weighted by Gasteiger charge is 2.32. The number of nitrogens with zero attached hydrogens (tertiary/aromatic N) is 1. The fourth-order valence-electron chi connectivity index (χ4n) is 3.10. The van der Waals surface area contributed by atoms with Gasteiger partial charge in [0.15, 0.2) is 0 Å². The second kappa shape index (κ2) is 6.29. The molecule has 24 heavy (non-hydrogen) atoms. The van der Waals surface area contributed by atoms with Crippen LogP contribution in [0, 0.1) is 5.82 Å². The molecule has 1 aliphatic rings. The highest BCUT2D eigenvalue weighted by molar-refractivity contribution is 7.99. The minimum absolute atomic E-state index is 0.0426. The van der Waals surface area contributed by atoms with Crippen LogP contribution in [0.1, 0.15) is 21.3 Å². The summed E-state index contributed by atoms with van der Waals surface area (Å²) in [5.74, 6) is 0.519. The van der Waals surface area contributed by atoms with Gasteiger partial charge in [0.1, 0.15) is 11.2 Å². The molecule has 1 heterocycles. The normalized spacial score (nSPS) is 17.4. The first-order valence-electron chi connectivity index (χ1n) is 7.90. The molecule has 3 aromatic rings. The molecule has 0 spiro atoms. The van der Waals surface area contributed by atoms with Gasteiger partial charge >= 0.3 is 0 Å². The third-order valence-electron chi connectivity index (χ3n) is 4.32. The molecule has 0 aromatic heterocycles. The van der Waals surface area contributed by atoms with Crippen LogP contribution in [0.15, 0.2) is 66.7 Å². The molecule has 2 nitrogen and oxygen atoms in total. The van der Waals surface area contributed by atoms with E-state index >= 15 is 0 Å². The van der Waals surface area contributed by atoms with Crippen molar-refractivity contribution in [2.45, 2.75) is 5.37 Å². The van der Waals surface area contributed by atoms with E-state index in [9.17, 15) is 9.18 Å². The second-order valence-corrected chi connectivity index (χ2v) is 6.99. The molecule has 0 bridgehead atoms. The minimum Gasteiger partial charge on any atom is -0.322 e. The number of hydrogen-bond donors (Lipinski definition) is 0. The quantitative estimate of drug-likeness (QED) is 0.665. The van der Waals surface area contributed by atoms with Crippen molar-refractivity contribution in [3.8, 4) is 0 Å². The third-order valence-corrected chi connectivity index (χ3v) is 5.56. The Balaban J connectivity index is 1.68. The Morgan fingerprint density at radius 1 is 1.00 bits per heavy atom. The Morgan fingerprint density at radius 2 is 1.75 bits per heavy atom. The van der Waals surface area contributed by atoms with Gasteiger partial charge < -0.3 is 4.90 Å². The first-order valence-corrected chi connectivity index (χ1v) is 8.95. The minimum atomic E-state index is -0.259. The largest absolute Gasteiger partial charge is 0.322 e. The summed E-state index contributed by atoms with van der Waals surface area (Å²) in [6, 6.07) is 20.4. The van der Waals surface area contributed by atoms with Gasteiger partial charge in [-0.25, -0.2) is 4.39 Å². The molecule has 4 rings (SSSR count). The molecule has 0 saturated carbocycles. The highest BCUT2D eigenvalue weighted by Crippen LogP contribution is 2.39. The zero-order chi connectivity index (χ0) is 16.5. The van der Waals surface area contributed by atoms with Gasteiger partial charge in [-0.05, 0) is 29.0 Å². The number of hydrogen-bond acceptors (Lipinski definition) is 2. The predicted molar refractivity (Wildman–Crippen MR) is 96.6 cm³/mol. The van der Waals surface area contributed by atoms with Crippen LogP contribution in [0.25, 0.3) is 10.8 Å². The van der Waals surface area contributed by atoms with E-state index < -0.39 is 0 Å². The van der Waals surface area contributed by atoms with Crippen molar-refractivity contribution >= 4 is 28.4 Å². The number of carbonyl (C=O) groups is 1. The zero-order valence-corrected chi connectivity index (χ0v) is 13.8. The van der Waals surface area contributed by atoms with Crippen LogP contribution in [0.5, 0.6) is 0 Å². The smallest absolute Gasteiger partial charge is 0.255 e. The van der Waals surface area contributed by atoms with Gasteiger partial charge in [0.2, 0.25) is 0 Å². The fourth-order valence-corrected chi connectivity index (χ4v) is 4.38. The summed E-state index contributed by atoms with van der Waals surface area (Å²) in [7, 11) is 0. The van der Waals surface area contributed by atoms with E-state index in [2.05, 4.69) is 0 Å². The maximum absolute atomic E-state index is 14.1. The Labute approximate surface area is 144 Å². The summed E-state index contributed by atoms with van der Waals surface area (Å²) >= 11 is 1.61. The van der Waals surface area contributed by atoms with E-state index in [1.807, 2.05) is 48.5 Å². The fraction of sp³-hybridized carbons (Fsp3) is 0.150. The molecular formula is C20H16FNOS. The molecule has 1 amide bonds. The van der Waals surface area contributed by atoms with Crippen molar-refractivity contribution in [2.75, 3.05) is 12.3 Å². The summed E-state index contributed by atoms with van der Waals surface area (Å²) in [4.78, 5) is 14.7. The number of rotatable bonds is 2. The van der Waals surface area contributed by atoms with Crippen LogP contribution in [-0.4, -0.2) is 23.1 Å². The molecule has 1 atom stereocenters. The van der Waals surface area contributed by atoms with Crippen molar-refractivity contribution in [1.29, 1.82) is 0 Å². The maximum atomic E-state index is 14.1. The number of carbonyl (C=O) groups excluding carboxylic acids is 1. The monoisotopic (exact) mass is 337 g/mol. The van der Waals surface area contributed by atoms with Crippen molar-refractivity contribution < 1.29 is 9.18 Å². The van der Waals surface area contributed by atoms with E-state index in [0.29, 0.717) is 17.7 Å². The van der Waals surface area contributed by atoms with Gasteiger partial charge in [-0.1, -0.05) is 48.5 Å². The number of halogens is 1. The molecule has 1 fully saturated rings. The molecule has 120 valence electrons. The van der Waals surface area contributed by atoms with E-state index in [1.54, 1.807) is 28.8 Å². The Bertz CT molecular complexity index is 911. The molecule has 0 aliphatic carbocycles. The van der Waals surface area contributed by atoms with Crippen LogP contribution in [0.4, 0.5) is 4.39 Å². The van der Waals surface area contributed by atoms with Crippen molar-refractivity contribution in [2.24, 2.45) is 0 Å². The summed E-state index contributed by atoms with van der Waals surface area (Å²) in [5, 5.41) is 1.89. The van der Waals surface area contributed by atoms with Gasteiger partial charge in [0.25, 0.3) is 5.91 Å². The van der Waals surface area contributed by atoms with E-state index in [1.165, 1.54) is 6.07 Å². The van der Waals surface area contributed by atoms with Crippen molar-refractivity contribution in [3.63, 3.8) is 0 Å². The summed E-state index contributed by atoms with van der Waals surface area (Å²) in [6.45, 7) is 0.634. The van der Waals surface area contributed by atoms with E-state index in [-0.39, 0.29) is 17.1 Å². The zero-order valence-electron chi connectivity index (χ0n) is 13.0. The first kappa shape index (κ1) is 15.2. The lowest BCUT2D eigenvalue weighted by Crippen LogP contribution is -2.30. The van der Waals surface area contributed by atoms with Crippen molar-refractivity contribution in [1.82, 2.24) is 4.90 Å². The average molecular weight is 337 g/mol. The van der Waals surface area contributed by atoms with Gasteiger partial charge in [-0.3, -0.25) is 4.79 Å². The summed E-state index contributed by atoms with van der Waals surface area (Å²) in [6.07, 6.45) is 0. The Kier molecular flexibility index (Phi) is 3.98. The van der Waals surface area contributed by atoms with Crippen molar-refractivity contribution in [3.05, 3.63) is 83.7 Å². The first-order chi connectivity index (χ1) is 11.7. The van der Waals surface area contributed by atoms with E-state index in [0.717, 1.165) is 16.5 Å². The molecule has 3 aromatic carbocycles. The Morgan fingerprint density at radius 3 is 2.58 bits per heavy atom. The van der Waals surface area contributed by atoms with Gasteiger partial charge in [-0.2, -0.15) is 0 Å². The van der Waals surface area contributed by atoms with Crippen LogP contribution >= 0.6 is 11.8 Å². The molecule has 1 aliphatic heterocycles. The lowest BCUT2D eigenvalue weighted by atomic mass is 10.1. The number of amides is 1.